The second kappa shape index (κ2) is 6.06. The van der Waals surface area contributed by atoms with Crippen molar-refractivity contribution in [2.24, 2.45) is 9.98 Å². The molecule has 0 unspecified atom stereocenters. The Labute approximate surface area is 147 Å². The van der Waals surface area contributed by atoms with Crippen molar-refractivity contribution in [3.05, 3.63) is 69.7 Å². The summed E-state index contributed by atoms with van der Waals surface area (Å²) in [5, 5.41) is 4.41. The van der Waals surface area contributed by atoms with Crippen molar-refractivity contribution in [2.75, 3.05) is 0 Å². The van der Waals surface area contributed by atoms with Gasteiger partial charge in [-0.25, -0.2) is 9.98 Å². The van der Waals surface area contributed by atoms with Gasteiger partial charge in [0.1, 0.15) is 10.1 Å². The summed E-state index contributed by atoms with van der Waals surface area (Å²) in [5.74, 6) is 0. The molecule has 2 aliphatic heterocycles. The standard InChI is InChI=1S/C15H8Cl2N2S3/c16-11-5-1-9(2-6-11)13-18-15-19-14(21-22(15)20-13)10-3-7-12(17)8-4-10/h1-8H. The Morgan fingerprint density at radius 3 is 1.45 bits per heavy atom. The fraction of sp³-hybridized carbons (Fsp3) is 0. The summed E-state index contributed by atoms with van der Waals surface area (Å²) >= 11 is 11.9. The first kappa shape index (κ1) is 14.8. The number of hydrogen-bond acceptors (Lipinski definition) is 4. The van der Waals surface area contributed by atoms with Crippen LogP contribution in [-0.2, 0) is 0 Å². The van der Waals surface area contributed by atoms with E-state index < -0.39 is 0 Å². The van der Waals surface area contributed by atoms with Crippen LogP contribution in [0.15, 0.2) is 58.5 Å². The highest BCUT2D eigenvalue weighted by Crippen LogP contribution is 2.55. The minimum Gasteiger partial charge on any atom is -0.214 e. The van der Waals surface area contributed by atoms with Crippen molar-refractivity contribution in [1.82, 2.24) is 0 Å². The van der Waals surface area contributed by atoms with Gasteiger partial charge in [-0.15, -0.1) is 0 Å². The Balaban J connectivity index is 1.59. The molecule has 0 spiro atoms. The lowest BCUT2D eigenvalue weighted by molar-refractivity contribution is 1.58. The third-order valence-corrected chi connectivity index (χ3v) is 9.27. The third-order valence-electron chi connectivity index (χ3n) is 3.04. The van der Waals surface area contributed by atoms with Gasteiger partial charge in [0.05, 0.1) is 0 Å². The number of benzene rings is 2. The molecule has 0 amide bonds. The highest BCUT2D eigenvalue weighted by Gasteiger charge is 2.27. The summed E-state index contributed by atoms with van der Waals surface area (Å²) in [6.07, 6.45) is 0. The van der Waals surface area contributed by atoms with Crippen LogP contribution in [0.5, 0.6) is 0 Å². The summed E-state index contributed by atoms with van der Waals surface area (Å²) < 4.78 is 0. The number of rotatable bonds is 2. The number of aliphatic imine (C=N–C) groups is 2. The minimum atomic E-state index is -0.0631. The van der Waals surface area contributed by atoms with Gasteiger partial charge in [0.2, 0.25) is 5.11 Å². The topological polar surface area (TPSA) is 24.7 Å². The van der Waals surface area contributed by atoms with E-state index >= 15 is 0 Å². The first-order valence-corrected chi connectivity index (χ1v) is 11.0. The molecule has 0 saturated carbocycles. The zero-order valence-corrected chi connectivity index (χ0v) is 15.0. The van der Waals surface area contributed by atoms with Crippen LogP contribution in [0.1, 0.15) is 11.1 Å². The van der Waals surface area contributed by atoms with Gasteiger partial charge in [0.15, 0.2) is 0 Å². The molecular formula is C15H8Cl2N2S3. The Kier molecular flexibility index (Phi) is 4.09. The summed E-state index contributed by atoms with van der Waals surface area (Å²) in [6.45, 7) is 0. The predicted octanol–water partition coefficient (Wildman–Crippen LogP) is 5.87. The molecule has 0 fully saturated rings. The molecule has 0 bridgehead atoms. The molecule has 4 rings (SSSR count). The highest BCUT2D eigenvalue weighted by atomic mass is 35.5. The average Bonchev–Trinajstić information content (AvgIpc) is 3.07. The van der Waals surface area contributed by atoms with E-state index in [0.29, 0.717) is 0 Å². The van der Waals surface area contributed by atoms with E-state index in [-0.39, 0.29) is 8.55 Å². The number of halogens is 2. The maximum Gasteiger partial charge on any atom is 0.200 e. The molecule has 22 heavy (non-hydrogen) atoms. The lowest BCUT2D eigenvalue weighted by atomic mass is 10.2. The van der Waals surface area contributed by atoms with Crippen molar-refractivity contribution in [2.45, 2.75) is 0 Å². The zero-order valence-electron chi connectivity index (χ0n) is 11.0. The Bertz CT molecular complexity index is 771. The maximum atomic E-state index is 5.93. The molecular weight excluding hydrogens is 375 g/mol. The molecule has 2 heterocycles. The fourth-order valence-corrected chi connectivity index (χ4v) is 7.96. The number of hydrogen-bond donors (Lipinski definition) is 0. The second-order valence-electron chi connectivity index (χ2n) is 4.53. The molecule has 110 valence electrons. The van der Waals surface area contributed by atoms with Crippen LogP contribution in [0.3, 0.4) is 0 Å². The van der Waals surface area contributed by atoms with Crippen LogP contribution in [0.4, 0.5) is 0 Å². The van der Waals surface area contributed by atoms with Crippen LogP contribution < -0.4 is 0 Å². The van der Waals surface area contributed by atoms with E-state index in [4.69, 9.17) is 23.2 Å². The Morgan fingerprint density at radius 2 is 1.09 bits per heavy atom. The van der Waals surface area contributed by atoms with Gasteiger partial charge < -0.3 is 0 Å². The summed E-state index contributed by atoms with van der Waals surface area (Å²) in [4.78, 5) is 9.35. The summed E-state index contributed by atoms with van der Waals surface area (Å²) in [5.41, 5.74) is 2.18. The first-order valence-electron chi connectivity index (χ1n) is 6.36. The Hall–Kier alpha value is -0.720. The summed E-state index contributed by atoms with van der Waals surface area (Å²) in [7, 11) is 3.46. The molecule has 0 saturated heterocycles. The molecule has 0 aliphatic carbocycles. The lowest BCUT2D eigenvalue weighted by Gasteiger charge is -2.04. The van der Waals surface area contributed by atoms with Gasteiger partial charge in [-0.1, -0.05) is 47.5 Å². The van der Waals surface area contributed by atoms with Gasteiger partial charge in [-0.2, -0.15) is 0 Å². The van der Waals surface area contributed by atoms with Crippen LogP contribution in [-0.4, -0.2) is 15.2 Å². The average molecular weight is 383 g/mol. The van der Waals surface area contributed by atoms with E-state index in [9.17, 15) is 0 Å². The van der Waals surface area contributed by atoms with Gasteiger partial charge in [0.25, 0.3) is 0 Å². The first-order chi connectivity index (χ1) is 10.7. The van der Waals surface area contributed by atoms with Gasteiger partial charge in [-0.05, 0) is 54.4 Å². The maximum absolute atomic E-state index is 5.93. The SMILES string of the molecule is Clc1ccc(C2=NC3=S(S2)SC(c2ccc(Cl)cc2)=N3)cc1. The van der Waals surface area contributed by atoms with Crippen molar-refractivity contribution < 1.29 is 0 Å². The van der Waals surface area contributed by atoms with Crippen molar-refractivity contribution in [3.8, 4) is 0 Å². The van der Waals surface area contributed by atoms with E-state index in [0.717, 1.165) is 36.4 Å². The molecule has 2 nitrogen and oxygen atoms in total. The molecule has 7 heteroatoms. The molecule has 2 aromatic rings. The molecule has 0 N–H and O–H groups in total. The second-order valence-corrected chi connectivity index (χ2v) is 11.0. The summed E-state index contributed by atoms with van der Waals surface area (Å²) in [6, 6.07) is 15.5. The normalized spacial score (nSPS) is 17.5. The van der Waals surface area contributed by atoms with Crippen molar-refractivity contribution in [3.63, 3.8) is 0 Å². The molecule has 0 aromatic heterocycles. The molecule has 0 radical (unpaired) electrons. The largest absolute Gasteiger partial charge is 0.214 e. The molecule has 2 aromatic carbocycles. The van der Waals surface area contributed by atoms with E-state index in [1.807, 2.05) is 48.5 Å². The van der Waals surface area contributed by atoms with Crippen LogP contribution >= 0.6 is 53.3 Å². The van der Waals surface area contributed by atoms with Crippen LogP contribution in [0.2, 0.25) is 10.0 Å². The van der Waals surface area contributed by atoms with Crippen molar-refractivity contribution in [1.29, 1.82) is 0 Å². The smallest absolute Gasteiger partial charge is 0.200 e. The van der Waals surface area contributed by atoms with Gasteiger partial charge in [-0.3, -0.25) is 0 Å². The lowest BCUT2D eigenvalue weighted by Crippen LogP contribution is -1.96. The third kappa shape index (κ3) is 2.88. The van der Waals surface area contributed by atoms with Crippen LogP contribution in [0.25, 0.3) is 0 Å². The van der Waals surface area contributed by atoms with E-state index in [1.165, 1.54) is 0 Å². The fourth-order valence-electron chi connectivity index (χ4n) is 1.96. The van der Waals surface area contributed by atoms with Gasteiger partial charge >= 0.3 is 0 Å². The quantitative estimate of drug-likeness (QED) is 0.479. The predicted molar refractivity (Wildman–Crippen MR) is 104 cm³/mol. The highest BCUT2D eigenvalue weighted by molar-refractivity contribution is 9.21. The van der Waals surface area contributed by atoms with Crippen LogP contribution in [0, 0.1) is 0 Å². The van der Waals surface area contributed by atoms with E-state index in [2.05, 4.69) is 9.98 Å². The minimum absolute atomic E-state index is 0.0631. The number of nitrogens with zero attached hydrogens (tertiary/aromatic N) is 2. The van der Waals surface area contributed by atoms with E-state index in [1.54, 1.807) is 21.6 Å². The Morgan fingerprint density at radius 1 is 0.682 bits per heavy atom. The van der Waals surface area contributed by atoms with Crippen molar-refractivity contribution >= 4 is 68.5 Å². The zero-order chi connectivity index (χ0) is 15.1. The van der Waals surface area contributed by atoms with Gasteiger partial charge in [0, 0.05) is 21.2 Å². The molecule has 0 atom stereocenters. The monoisotopic (exact) mass is 382 g/mol. The molecule has 2 aliphatic rings.